The number of hydrogen-bond donors (Lipinski definition) is 1. The van der Waals surface area contributed by atoms with Gasteiger partial charge in [0, 0.05) is 37.8 Å². The molecule has 7 heteroatoms. The third-order valence-electron chi connectivity index (χ3n) is 5.25. The first-order valence-electron chi connectivity index (χ1n) is 9.63. The number of methoxy groups -OCH3 is 5. The van der Waals surface area contributed by atoms with Crippen molar-refractivity contribution >= 4 is 0 Å². The quantitative estimate of drug-likeness (QED) is 0.728. The molecule has 0 aliphatic carbocycles. The zero-order chi connectivity index (χ0) is 20.8. The van der Waals surface area contributed by atoms with E-state index in [0.717, 1.165) is 48.8 Å². The molecular weight excluding hydrogens is 372 g/mol. The Morgan fingerprint density at radius 2 is 1.38 bits per heavy atom. The Morgan fingerprint density at radius 3 is 1.90 bits per heavy atom. The van der Waals surface area contributed by atoms with Crippen molar-refractivity contribution in [2.24, 2.45) is 0 Å². The summed E-state index contributed by atoms with van der Waals surface area (Å²) in [5.41, 5.74) is 2.11. The predicted molar refractivity (Wildman–Crippen MR) is 112 cm³/mol. The summed E-state index contributed by atoms with van der Waals surface area (Å²) in [7, 11) is 8.22. The van der Waals surface area contributed by atoms with E-state index in [0.29, 0.717) is 17.2 Å². The summed E-state index contributed by atoms with van der Waals surface area (Å²) in [6, 6.07) is 9.93. The van der Waals surface area contributed by atoms with Crippen LogP contribution in [0.3, 0.4) is 0 Å². The van der Waals surface area contributed by atoms with E-state index >= 15 is 0 Å². The fraction of sp³-hybridized carbons (Fsp3) is 0.455. The molecule has 1 atom stereocenters. The molecule has 1 aliphatic heterocycles. The van der Waals surface area contributed by atoms with Gasteiger partial charge in [0.2, 0.25) is 5.75 Å². The molecular formula is C22H30N2O5. The summed E-state index contributed by atoms with van der Waals surface area (Å²) in [6.45, 7) is 3.69. The van der Waals surface area contributed by atoms with Crippen molar-refractivity contribution in [1.29, 1.82) is 0 Å². The van der Waals surface area contributed by atoms with E-state index < -0.39 is 0 Å². The van der Waals surface area contributed by atoms with E-state index in [2.05, 4.69) is 16.3 Å². The summed E-state index contributed by atoms with van der Waals surface area (Å²) >= 11 is 0. The van der Waals surface area contributed by atoms with Crippen molar-refractivity contribution in [3.05, 3.63) is 41.5 Å². The van der Waals surface area contributed by atoms with Crippen LogP contribution in [0, 0.1) is 0 Å². The fourth-order valence-corrected chi connectivity index (χ4v) is 3.83. The van der Waals surface area contributed by atoms with Gasteiger partial charge in [-0.05, 0) is 29.8 Å². The second kappa shape index (κ2) is 9.71. The number of nitrogens with zero attached hydrogens (tertiary/aromatic N) is 1. The predicted octanol–water partition coefficient (Wildman–Crippen LogP) is 2.72. The van der Waals surface area contributed by atoms with Crippen molar-refractivity contribution in [1.82, 2.24) is 10.2 Å². The van der Waals surface area contributed by atoms with Crippen LogP contribution in [-0.2, 0) is 0 Å². The van der Waals surface area contributed by atoms with Gasteiger partial charge in [-0.3, -0.25) is 4.90 Å². The van der Waals surface area contributed by atoms with Crippen molar-refractivity contribution in [3.8, 4) is 28.7 Å². The minimum atomic E-state index is -0.0355. The van der Waals surface area contributed by atoms with Gasteiger partial charge >= 0.3 is 0 Å². The molecule has 0 radical (unpaired) electrons. The van der Waals surface area contributed by atoms with Gasteiger partial charge in [-0.15, -0.1) is 0 Å². The molecule has 0 bridgehead atoms. The van der Waals surface area contributed by atoms with Gasteiger partial charge in [0.25, 0.3) is 0 Å². The SMILES string of the molecule is COc1ccc(C(c2cc(OC)c(OC)c(OC)c2)N2CCNCC2)c(OC)c1. The minimum absolute atomic E-state index is 0.0355. The zero-order valence-electron chi connectivity index (χ0n) is 17.8. The monoisotopic (exact) mass is 402 g/mol. The highest BCUT2D eigenvalue weighted by molar-refractivity contribution is 5.56. The molecule has 2 aromatic rings. The highest BCUT2D eigenvalue weighted by Gasteiger charge is 2.29. The lowest BCUT2D eigenvalue weighted by Gasteiger charge is -2.36. The molecule has 158 valence electrons. The first kappa shape index (κ1) is 21.1. The topological polar surface area (TPSA) is 61.4 Å². The maximum absolute atomic E-state index is 5.73. The van der Waals surface area contributed by atoms with E-state index in [9.17, 15) is 0 Å². The summed E-state index contributed by atoms with van der Waals surface area (Å²) in [6.07, 6.45) is 0. The molecule has 2 aromatic carbocycles. The Bertz CT molecular complexity index is 796. The zero-order valence-corrected chi connectivity index (χ0v) is 17.8. The minimum Gasteiger partial charge on any atom is -0.497 e. The van der Waals surface area contributed by atoms with Crippen LogP contribution in [0.1, 0.15) is 17.2 Å². The lowest BCUT2D eigenvalue weighted by Crippen LogP contribution is -2.45. The lowest BCUT2D eigenvalue weighted by molar-refractivity contribution is 0.194. The molecule has 0 saturated carbocycles. The first-order chi connectivity index (χ1) is 14.2. The van der Waals surface area contributed by atoms with Crippen LogP contribution >= 0.6 is 0 Å². The molecule has 0 amide bonds. The third-order valence-corrected chi connectivity index (χ3v) is 5.25. The van der Waals surface area contributed by atoms with E-state index in [1.54, 1.807) is 35.5 Å². The maximum Gasteiger partial charge on any atom is 0.203 e. The smallest absolute Gasteiger partial charge is 0.203 e. The number of piperazine rings is 1. The Morgan fingerprint density at radius 1 is 0.759 bits per heavy atom. The average Bonchev–Trinajstić information content (AvgIpc) is 2.79. The van der Waals surface area contributed by atoms with Crippen LogP contribution in [0.4, 0.5) is 0 Å². The number of nitrogens with one attached hydrogen (secondary N) is 1. The molecule has 29 heavy (non-hydrogen) atoms. The van der Waals surface area contributed by atoms with Crippen LogP contribution in [-0.4, -0.2) is 66.6 Å². The highest BCUT2D eigenvalue weighted by Crippen LogP contribution is 2.44. The van der Waals surface area contributed by atoms with Crippen molar-refractivity contribution < 1.29 is 23.7 Å². The van der Waals surface area contributed by atoms with Gasteiger partial charge in [-0.2, -0.15) is 0 Å². The van der Waals surface area contributed by atoms with Crippen molar-refractivity contribution in [2.45, 2.75) is 6.04 Å². The van der Waals surface area contributed by atoms with Crippen molar-refractivity contribution in [2.75, 3.05) is 61.7 Å². The largest absolute Gasteiger partial charge is 0.497 e. The van der Waals surface area contributed by atoms with E-state index in [-0.39, 0.29) is 6.04 Å². The van der Waals surface area contributed by atoms with Crippen LogP contribution in [0.25, 0.3) is 0 Å². The lowest BCUT2D eigenvalue weighted by atomic mass is 9.94. The van der Waals surface area contributed by atoms with Crippen molar-refractivity contribution in [3.63, 3.8) is 0 Å². The summed E-state index contributed by atoms with van der Waals surface area (Å²) in [4.78, 5) is 2.43. The van der Waals surface area contributed by atoms with E-state index in [1.165, 1.54) is 0 Å². The molecule has 0 spiro atoms. The third kappa shape index (κ3) is 4.36. The Kier molecular flexibility index (Phi) is 7.06. The summed E-state index contributed by atoms with van der Waals surface area (Å²) in [5.74, 6) is 3.39. The van der Waals surface area contributed by atoms with Gasteiger partial charge in [-0.1, -0.05) is 0 Å². The number of hydrogen-bond acceptors (Lipinski definition) is 7. The van der Waals surface area contributed by atoms with E-state index in [4.69, 9.17) is 23.7 Å². The van der Waals surface area contributed by atoms with Crippen LogP contribution in [0.2, 0.25) is 0 Å². The van der Waals surface area contributed by atoms with Crippen LogP contribution in [0.5, 0.6) is 28.7 Å². The Balaban J connectivity index is 2.17. The van der Waals surface area contributed by atoms with E-state index in [1.807, 2.05) is 24.3 Å². The summed E-state index contributed by atoms with van der Waals surface area (Å²) < 4.78 is 27.8. The molecule has 1 N–H and O–H groups in total. The van der Waals surface area contributed by atoms with Gasteiger partial charge < -0.3 is 29.0 Å². The second-order valence-corrected chi connectivity index (χ2v) is 6.76. The Hall–Kier alpha value is -2.64. The second-order valence-electron chi connectivity index (χ2n) is 6.76. The first-order valence-corrected chi connectivity index (χ1v) is 9.63. The van der Waals surface area contributed by atoms with Gasteiger partial charge in [0.1, 0.15) is 11.5 Å². The van der Waals surface area contributed by atoms with Gasteiger partial charge in [0.15, 0.2) is 11.5 Å². The fourth-order valence-electron chi connectivity index (χ4n) is 3.83. The molecule has 1 aliphatic rings. The number of rotatable bonds is 8. The highest BCUT2D eigenvalue weighted by atomic mass is 16.5. The normalized spacial score (nSPS) is 15.5. The molecule has 1 heterocycles. The number of ether oxygens (including phenoxy) is 5. The molecule has 1 unspecified atom stereocenters. The molecule has 0 aromatic heterocycles. The number of benzene rings is 2. The van der Waals surface area contributed by atoms with Crippen LogP contribution in [0.15, 0.2) is 30.3 Å². The molecule has 1 fully saturated rings. The standard InChI is InChI=1S/C22H30N2O5/c1-25-16-6-7-17(18(14-16)26-2)21(24-10-8-23-9-11-24)15-12-19(27-3)22(29-5)20(13-15)28-4/h6-7,12-14,21,23H,8-11H2,1-5H3. The molecule has 7 nitrogen and oxygen atoms in total. The van der Waals surface area contributed by atoms with Gasteiger partial charge in [0.05, 0.1) is 41.6 Å². The molecule has 1 saturated heterocycles. The molecule has 3 rings (SSSR count). The maximum atomic E-state index is 5.73. The van der Waals surface area contributed by atoms with Gasteiger partial charge in [-0.25, -0.2) is 0 Å². The summed E-state index contributed by atoms with van der Waals surface area (Å²) in [5, 5.41) is 3.42. The Labute approximate surface area is 172 Å². The van der Waals surface area contributed by atoms with Crippen LogP contribution < -0.4 is 29.0 Å². The average molecular weight is 402 g/mol.